The standard InChI is InChI=1S/C15H19BrN2O2.ClH/c16-12-4-2-1-3-11(12)15(5-6-15)10-18-14(19)13-9-17-7-8-20-13;/h1-4,13,17H,5-10H2,(H,18,19);1H. The van der Waals surface area contributed by atoms with Crippen LogP contribution in [-0.2, 0) is 14.9 Å². The summed E-state index contributed by atoms with van der Waals surface area (Å²) >= 11 is 3.61. The molecule has 1 amide bonds. The van der Waals surface area contributed by atoms with Gasteiger partial charge in [-0.15, -0.1) is 12.4 Å². The molecule has 2 aliphatic rings. The monoisotopic (exact) mass is 374 g/mol. The average Bonchev–Trinajstić information content (AvgIpc) is 3.27. The van der Waals surface area contributed by atoms with E-state index in [0.29, 0.717) is 19.7 Å². The second-order valence-electron chi connectivity index (χ2n) is 5.54. The Bertz CT molecular complexity index is 502. The molecule has 6 heteroatoms. The van der Waals surface area contributed by atoms with Crippen molar-refractivity contribution >= 4 is 34.2 Å². The number of hydrogen-bond donors (Lipinski definition) is 2. The van der Waals surface area contributed by atoms with Gasteiger partial charge in [0.2, 0.25) is 5.91 Å². The average molecular weight is 376 g/mol. The van der Waals surface area contributed by atoms with Crippen LogP contribution in [0.25, 0.3) is 0 Å². The molecule has 0 radical (unpaired) electrons. The molecule has 0 aromatic heterocycles. The molecule has 1 saturated carbocycles. The quantitative estimate of drug-likeness (QED) is 0.846. The highest BCUT2D eigenvalue weighted by Crippen LogP contribution is 2.49. The van der Waals surface area contributed by atoms with Crippen molar-refractivity contribution in [2.75, 3.05) is 26.2 Å². The molecule has 0 bridgehead atoms. The van der Waals surface area contributed by atoms with E-state index in [1.165, 1.54) is 5.56 Å². The SMILES string of the molecule is Cl.O=C(NCC1(c2ccccc2Br)CC1)C1CNCCO1. The first-order valence-electron chi connectivity index (χ1n) is 7.06. The van der Waals surface area contributed by atoms with Gasteiger partial charge in [-0.05, 0) is 24.5 Å². The second kappa shape index (κ2) is 7.09. The number of hydrogen-bond acceptors (Lipinski definition) is 3. The fourth-order valence-electron chi connectivity index (χ4n) is 2.69. The van der Waals surface area contributed by atoms with Gasteiger partial charge in [-0.3, -0.25) is 4.79 Å². The zero-order valence-electron chi connectivity index (χ0n) is 11.7. The van der Waals surface area contributed by atoms with E-state index in [4.69, 9.17) is 4.74 Å². The van der Waals surface area contributed by atoms with Gasteiger partial charge in [-0.2, -0.15) is 0 Å². The molecule has 1 aromatic carbocycles. The first-order valence-corrected chi connectivity index (χ1v) is 7.86. The smallest absolute Gasteiger partial charge is 0.250 e. The maximum atomic E-state index is 12.1. The first-order chi connectivity index (χ1) is 9.71. The van der Waals surface area contributed by atoms with Crippen molar-refractivity contribution in [2.45, 2.75) is 24.4 Å². The zero-order valence-corrected chi connectivity index (χ0v) is 14.1. The molecule has 116 valence electrons. The summed E-state index contributed by atoms with van der Waals surface area (Å²) in [6.07, 6.45) is 1.90. The molecule has 1 atom stereocenters. The summed E-state index contributed by atoms with van der Waals surface area (Å²) in [4.78, 5) is 12.1. The Hall–Kier alpha value is -0.620. The van der Waals surface area contributed by atoms with Gasteiger partial charge in [-0.1, -0.05) is 34.1 Å². The van der Waals surface area contributed by atoms with Gasteiger partial charge in [0.15, 0.2) is 0 Å². The lowest BCUT2D eigenvalue weighted by Crippen LogP contribution is -2.49. The minimum absolute atomic E-state index is 0. The van der Waals surface area contributed by atoms with Gasteiger partial charge < -0.3 is 15.4 Å². The minimum atomic E-state index is -0.348. The third-order valence-electron chi connectivity index (χ3n) is 4.12. The first kappa shape index (κ1) is 16.7. The third kappa shape index (κ3) is 3.77. The number of carbonyl (C=O) groups is 1. The summed E-state index contributed by atoms with van der Waals surface area (Å²) in [5, 5.41) is 6.23. The molecule has 0 spiro atoms. The fraction of sp³-hybridized carbons (Fsp3) is 0.533. The van der Waals surface area contributed by atoms with E-state index in [9.17, 15) is 4.79 Å². The van der Waals surface area contributed by atoms with Gasteiger partial charge in [0.1, 0.15) is 6.10 Å². The van der Waals surface area contributed by atoms with E-state index in [1.807, 2.05) is 6.07 Å². The van der Waals surface area contributed by atoms with Crippen molar-refractivity contribution in [1.29, 1.82) is 0 Å². The molecule has 1 aliphatic carbocycles. The van der Waals surface area contributed by atoms with Crippen LogP contribution in [0, 0.1) is 0 Å². The maximum absolute atomic E-state index is 12.1. The number of rotatable bonds is 4. The van der Waals surface area contributed by atoms with Gasteiger partial charge in [-0.25, -0.2) is 0 Å². The predicted octanol–water partition coefficient (Wildman–Crippen LogP) is 2.01. The van der Waals surface area contributed by atoms with Crippen molar-refractivity contribution in [3.8, 4) is 0 Å². The van der Waals surface area contributed by atoms with Gasteiger partial charge >= 0.3 is 0 Å². The molecular formula is C15H20BrClN2O2. The number of ether oxygens (including phenoxy) is 1. The molecule has 2 N–H and O–H groups in total. The van der Waals surface area contributed by atoms with E-state index in [-0.39, 0.29) is 29.8 Å². The molecule has 1 aliphatic heterocycles. The van der Waals surface area contributed by atoms with Crippen LogP contribution in [0.4, 0.5) is 0 Å². The van der Waals surface area contributed by atoms with E-state index in [1.54, 1.807) is 0 Å². The lowest BCUT2D eigenvalue weighted by atomic mass is 9.96. The number of morpholine rings is 1. The number of halogens is 2. The highest BCUT2D eigenvalue weighted by molar-refractivity contribution is 9.10. The Morgan fingerprint density at radius 3 is 2.81 bits per heavy atom. The van der Waals surface area contributed by atoms with E-state index in [0.717, 1.165) is 23.9 Å². The van der Waals surface area contributed by atoms with Crippen molar-refractivity contribution < 1.29 is 9.53 Å². The predicted molar refractivity (Wildman–Crippen MR) is 87.9 cm³/mol. The molecular weight excluding hydrogens is 356 g/mol. The van der Waals surface area contributed by atoms with Crippen LogP contribution in [0.15, 0.2) is 28.7 Å². The highest BCUT2D eigenvalue weighted by atomic mass is 79.9. The summed E-state index contributed by atoms with van der Waals surface area (Å²) in [5.74, 6) is -0.00414. The largest absolute Gasteiger partial charge is 0.366 e. The molecule has 4 nitrogen and oxygen atoms in total. The van der Waals surface area contributed by atoms with Crippen molar-refractivity contribution in [2.24, 2.45) is 0 Å². The Morgan fingerprint density at radius 1 is 1.43 bits per heavy atom. The van der Waals surface area contributed by atoms with Crippen molar-refractivity contribution in [3.63, 3.8) is 0 Å². The lowest BCUT2D eigenvalue weighted by Gasteiger charge is -2.24. The summed E-state index contributed by atoms with van der Waals surface area (Å²) in [6.45, 7) is 2.72. The third-order valence-corrected chi connectivity index (χ3v) is 4.81. The lowest BCUT2D eigenvalue weighted by molar-refractivity contribution is -0.134. The molecule has 2 fully saturated rings. The molecule has 1 saturated heterocycles. The van der Waals surface area contributed by atoms with Crippen molar-refractivity contribution in [3.05, 3.63) is 34.3 Å². The Balaban J connectivity index is 0.00000161. The van der Waals surface area contributed by atoms with Gasteiger partial charge in [0.25, 0.3) is 0 Å². The number of nitrogens with one attached hydrogen (secondary N) is 2. The van der Waals surface area contributed by atoms with Crippen LogP contribution >= 0.6 is 28.3 Å². The fourth-order valence-corrected chi connectivity index (χ4v) is 3.39. The Morgan fingerprint density at radius 2 is 2.19 bits per heavy atom. The minimum Gasteiger partial charge on any atom is -0.366 e. The van der Waals surface area contributed by atoms with E-state index < -0.39 is 0 Å². The molecule has 1 unspecified atom stereocenters. The summed E-state index contributed by atoms with van der Waals surface area (Å²) in [6, 6.07) is 8.27. The van der Waals surface area contributed by atoms with E-state index in [2.05, 4.69) is 44.8 Å². The molecule has 3 rings (SSSR count). The summed E-state index contributed by atoms with van der Waals surface area (Å²) in [7, 11) is 0. The topological polar surface area (TPSA) is 50.4 Å². The normalized spacial score (nSPS) is 23.0. The zero-order chi connectivity index (χ0) is 14.0. The molecule has 1 aromatic rings. The van der Waals surface area contributed by atoms with Crippen LogP contribution in [0.2, 0.25) is 0 Å². The second-order valence-corrected chi connectivity index (χ2v) is 6.40. The van der Waals surface area contributed by atoms with Gasteiger partial charge in [0, 0.05) is 29.5 Å². The highest BCUT2D eigenvalue weighted by Gasteiger charge is 2.45. The van der Waals surface area contributed by atoms with Crippen LogP contribution in [-0.4, -0.2) is 38.3 Å². The van der Waals surface area contributed by atoms with Crippen LogP contribution in [0.5, 0.6) is 0 Å². The number of carbonyl (C=O) groups excluding carboxylic acids is 1. The maximum Gasteiger partial charge on any atom is 0.250 e. The Kier molecular flexibility index (Phi) is 5.66. The number of amides is 1. The van der Waals surface area contributed by atoms with Gasteiger partial charge in [0.05, 0.1) is 6.61 Å². The van der Waals surface area contributed by atoms with Crippen molar-refractivity contribution in [1.82, 2.24) is 10.6 Å². The molecule has 1 heterocycles. The summed E-state index contributed by atoms with van der Waals surface area (Å²) < 4.78 is 6.60. The van der Waals surface area contributed by atoms with E-state index >= 15 is 0 Å². The van der Waals surface area contributed by atoms with Crippen LogP contribution < -0.4 is 10.6 Å². The molecule has 21 heavy (non-hydrogen) atoms. The summed E-state index contributed by atoms with van der Waals surface area (Å²) in [5.41, 5.74) is 1.40. The van der Waals surface area contributed by atoms with Crippen LogP contribution in [0.1, 0.15) is 18.4 Å². The van der Waals surface area contributed by atoms with Crippen LogP contribution in [0.3, 0.4) is 0 Å². The Labute approximate surface area is 139 Å². The number of benzene rings is 1.